The van der Waals surface area contributed by atoms with Crippen molar-refractivity contribution < 1.29 is 0 Å². The fraction of sp³-hybridized carbons (Fsp3) is 0.562. The highest BCUT2D eigenvalue weighted by atomic mass is 15.1. The lowest BCUT2D eigenvalue weighted by Gasteiger charge is -2.25. The van der Waals surface area contributed by atoms with Gasteiger partial charge in [-0.2, -0.15) is 5.26 Å². The third-order valence-electron chi connectivity index (χ3n) is 4.21. The normalized spacial score (nSPS) is 20.1. The summed E-state index contributed by atoms with van der Waals surface area (Å²) in [6.45, 7) is 6.77. The largest absolute Gasteiger partial charge is 0.397 e. The fourth-order valence-electron chi connectivity index (χ4n) is 2.94. The van der Waals surface area contributed by atoms with Gasteiger partial charge < -0.3 is 10.6 Å². The molecule has 2 N–H and O–H groups in total. The predicted octanol–water partition coefficient (Wildman–Crippen LogP) is 3.40. The van der Waals surface area contributed by atoms with Crippen molar-refractivity contribution >= 4 is 11.4 Å². The Morgan fingerprint density at radius 1 is 1.32 bits per heavy atom. The second kappa shape index (κ2) is 5.97. The van der Waals surface area contributed by atoms with Crippen molar-refractivity contribution in [2.75, 3.05) is 23.7 Å². The van der Waals surface area contributed by atoms with E-state index in [4.69, 9.17) is 11.0 Å². The first-order chi connectivity index (χ1) is 9.11. The minimum absolute atomic E-state index is 0.635. The van der Waals surface area contributed by atoms with Crippen molar-refractivity contribution in [1.82, 2.24) is 0 Å². The zero-order valence-electron chi connectivity index (χ0n) is 11.9. The number of nitrogen functional groups attached to an aromatic ring is 1. The Morgan fingerprint density at radius 3 is 2.74 bits per heavy atom. The first-order valence-electron chi connectivity index (χ1n) is 7.16. The molecule has 1 heterocycles. The summed E-state index contributed by atoms with van der Waals surface area (Å²) in [6, 6.07) is 7.76. The number of nitriles is 1. The zero-order chi connectivity index (χ0) is 13.8. The molecular formula is C16H23N3. The molecule has 102 valence electrons. The number of nitrogens with zero attached hydrogens (tertiary/aromatic N) is 2. The van der Waals surface area contributed by atoms with Crippen molar-refractivity contribution in [2.24, 2.45) is 11.8 Å². The highest BCUT2D eigenvalue weighted by Crippen LogP contribution is 2.30. The van der Waals surface area contributed by atoms with Crippen LogP contribution in [0.3, 0.4) is 0 Å². The van der Waals surface area contributed by atoms with E-state index in [9.17, 15) is 0 Å². The molecule has 3 heteroatoms. The number of anilines is 2. The van der Waals surface area contributed by atoms with Gasteiger partial charge in [0.15, 0.2) is 0 Å². The molecule has 1 atom stereocenters. The van der Waals surface area contributed by atoms with Crippen LogP contribution >= 0.6 is 0 Å². The predicted molar refractivity (Wildman–Crippen MR) is 80.0 cm³/mol. The molecule has 1 saturated heterocycles. The monoisotopic (exact) mass is 257 g/mol. The van der Waals surface area contributed by atoms with Gasteiger partial charge in [0.25, 0.3) is 0 Å². The minimum Gasteiger partial charge on any atom is -0.397 e. The summed E-state index contributed by atoms with van der Waals surface area (Å²) in [6.07, 6.45) is 3.77. The first kappa shape index (κ1) is 13.7. The summed E-state index contributed by atoms with van der Waals surface area (Å²) in [5.41, 5.74) is 8.53. The molecule has 0 aromatic heterocycles. The highest BCUT2D eigenvalue weighted by molar-refractivity contribution is 5.69. The van der Waals surface area contributed by atoms with Crippen molar-refractivity contribution in [3.63, 3.8) is 0 Å². The SMILES string of the molecule is CC(C)C1CCCN(c2ccc(C#N)cc2N)CC1. The number of benzene rings is 1. The van der Waals surface area contributed by atoms with Crippen LogP contribution in [0.25, 0.3) is 0 Å². The molecule has 2 rings (SSSR count). The van der Waals surface area contributed by atoms with Crippen molar-refractivity contribution in [3.8, 4) is 6.07 Å². The number of nitrogens with two attached hydrogens (primary N) is 1. The van der Waals surface area contributed by atoms with Crippen molar-refractivity contribution in [2.45, 2.75) is 33.1 Å². The quantitative estimate of drug-likeness (QED) is 0.826. The van der Waals surface area contributed by atoms with Gasteiger partial charge in [0, 0.05) is 13.1 Å². The summed E-state index contributed by atoms with van der Waals surface area (Å²) < 4.78 is 0. The van der Waals surface area contributed by atoms with E-state index in [1.807, 2.05) is 12.1 Å². The molecule has 0 saturated carbocycles. The van der Waals surface area contributed by atoms with E-state index >= 15 is 0 Å². The summed E-state index contributed by atoms with van der Waals surface area (Å²) >= 11 is 0. The van der Waals surface area contributed by atoms with E-state index in [-0.39, 0.29) is 0 Å². The Hall–Kier alpha value is -1.69. The molecule has 1 aromatic rings. The lowest BCUT2D eigenvalue weighted by Crippen LogP contribution is -2.25. The standard InChI is InChI=1S/C16H23N3/c1-12(2)14-4-3-8-19(9-7-14)16-6-5-13(11-17)10-15(16)18/h5-6,10,12,14H,3-4,7-9,18H2,1-2H3. The van der Waals surface area contributed by atoms with Gasteiger partial charge in [-0.3, -0.25) is 0 Å². The van der Waals surface area contributed by atoms with Crippen LogP contribution in [0.15, 0.2) is 18.2 Å². The van der Waals surface area contributed by atoms with Crippen LogP contribution in [0, 0.1) is 23.2 Å². The molecule has 0 aliphatic carbocycles. The average molecular weight is 257 g/mol. The Kier molecular flexibility index (Phi) is 4.31. The van der Waals surface area contributed by atoms with Gasteiger partial charge >= 0.3 is 0 Å². The Labute approximate surface area is 116 Å². The molecule has 1 aliphatic rings. The van der Waals surface area contributed by atoms with E-state index in [1.165, 1.54) is 19.3 Å². The van der Waals surface area contributed by atoms with E-state index in [0.29, 0.717) is 5.56 Å². The summed E-state index contributed by atoms with van der Waals surface area (Å²) in [5, 5.41) is 8.88. The zero-order valence-corrected chi connectivity index (χ0v) is 11.9. The molecule has 0 bridgehead atoms. The maximum atomic E-state index is 8.88. The fourth-order valence-corrected chi connectivity index (χ4v) is 2.94. The molecule has 1 aromatic carbocycles. The number of rotatable bonds is 2. The molecule has 19 heavy (non-hydrogen) atoms. The molecule has 0 spiro atoms. The van der Waals surface area contributed by atoms with Gasteiger partial charge in [0.2, 0.25) is 0 Å². The van der Waals surface area contributed by atoms with E-state index < -0.39 is 0 Å². The Bertz CT molecular complexity index is 473. The first-order valence-corrected chi connectivity index (χ1v) is 7.16. The molecule has 1 unspecified atom stereocenters. The Balaban J connectivity index is 2.12. The van der Waals surface area contributed by atoms with E-state index in [2.05, 4.69) is 24.8 Å². The van der Waals surface area contributed by atoms with Crippen LogP contribution in [0.4, 0.5) is 11.4 Å². The van der Waals surface area contributed by atoms with Crippen LogP contribution in [0.1, 0.15) is 38.7 Å². The van der Waals surface area contributed by atoms with E-state index in [0.717, 1.165) is 36.3 Å². The van der Waals surface area contributed by atoms with Crippen LogP contribution in [-0.4, -0.2) is 13.1 Å². The third-order valence-corrected chi connectivity index (χ3v) is 4.21. The van der Waals surface area contributed by atoms with Crippen LogP contribution in [-0.2, 0) is 0 Å². The van der Waals surface area contributed by atoms with Gasteiger partial charge in [0.05, 0.1) is 23.0 Å². The second-order valence-electron chi connectivity index (χ2n) is 5.81. The van der Waals surface area contributed by atoms with Gasteiger partial charge in [-0.05, 0) is 49.3 Å². The van der Waals surface area contributed by atoms with Gasteiger partial charge in [-0.1, -0.05) is 13.8 Å². The van der Waals surface area contributed by atoms with E-state index in [1.54, 1.807) is 6.07 Å². The summed E-state index contributed by atoms with van der Waals surface area (Å²) in [4.78, 5) is 2.37. The number of hydrogen-bond acceptors (Lipinski definition) is 3. The molecule has 0 radical (unpaired) electrons. The van der Waals surface area contributed by atoms with Crippen molar-refractivity contribution in [1.29, 1.82) is 5.26 Å². The lowest BCUT2D eigenvalue weighted by molar-refractivity contribution is 0.351. The van der Waals surface area contributed by atoms with Crippen molar-refractivity contribution in [3.05, 3.63) is 23.8 Å². The summed E-state index contributed by atoms with van der Waals surface area (Å²) in [7, 11) is 0. The lowest BCUT2D eigenvalue weighted by atomic mass is 9.89. The molecule has 0 amide bonds. The molecule has 1 aliphatic heterocycles. The van der Waals surface area contributed by atoms with Gasteiger partial charge in [-0.25, -0.2) is 0 Å². The molecule has 3 nitrogen and oxygen atoms in total. The molecular weight excluding hydrogens is 234 g/mol. The minimum atomic E-state index is 0.635. The maximum Gasteiger partial charge on any atom is 0.0992 e. The Morgan fingerprint density at radius 2 is 2.11 bits per heavy atom. The topological polar surface area (TPSA) is 53.0 Å². The van der Waals surface area contributed by atoms with Crippen LogP contribution < -0.4 is 10.6 Å². The summed E-state index contributed by atoms with van der Waals surface area (Å²) in [5.74, 6) is 1.59. The average Bonchev–Trinajstić information content (AvgIpc) is 2.64. The third kappa shape index (κ3) is 3.20. The second-order valence-corrected chi connectivity index (χ2v) is 5.81. The van der Waals surface area contributed by atoms with Gasteiger partial charge in [0.1, 0.15) is 0 Å². The van der Waals surface area contributed by atoms with Crippen LogP contribution in [0.2, 0.25) is 0 Å². The maximum absolute atomic E-state index is 8.88. The smallest absolute Gasteiger partial charge is 0.0992 e. The number of hydrogen-bond donors (Lipinski definition) is 1. The molecule has 1 fully saturated rings. The van der Waals surface area contributed by atoms with Gasteiger partial charge in [-0.15, -0.1) is 0 Å². The van der Waals surface area contributed by atoms with Crippen LogP contribution in [0.5, 0.6) is 0 Å². The highest BCUT2D eigenvalue weighted by Gasteiger charge is 2.20.